The minimum atomic E-state index is -0.822. The van der Waals surface area contributed by atoms with Crippen LogP contribution in [0.4, 0.5) is 10.5 Å². The van der Waals surface area contributed by atoms with Crippen LogP contribution in [-0.4, -0.2) is 37.0 Å². The summed E-state index contributed by atoms with van der Waals surface area (Å²) in [5.74, 6) is -0.539. The van der Waals surface area contributed by atoms with E-state index < -0.39 is 17.8 Å². The molecule has 2 aromatic rings. The van der Waals surface area contributed by atoms with Gasteiger partial charge in [0.1, 0.15) is 5.57 Å². The Hall–Kier alpha value is -3.68. The van der Waals surface area contributed by atoms with Crippen molar-refractivity contribution in [3.8, 4) is 11.5 Å². The predicted octanol–water partition coefficient (Wildman–Crippen LogP) is 1.77. The van der Waals surface area contributed by atoms with Crippen LogP contribution in [0.25, 0.3) is 6.08 Å². The maximum atomic E-state index is 12.7. The SMILES string of the molecule is COc1ccc(/C=C2\C(=O)NC(=O)N(c3cccnc3)C2=O)cc1OC. The molecule has 1 saturated heterocycles. The summed E-state index contributed by atoms with van der Waals surface area (Å²) in [6.45, 7) is 0. The number of amides is 4. The van der Waals surface area contributed by atoms with Gasteiger partial charge >= 0.3 is 6.03 Å². The quantitative estimate of drug-likeness (QED) is 0.664. The highest BCUT2D eigenvalue weighted by atomic mass is 16.5. The predicted molar refractivity (Wildman–Crippen MR) is 92.8 cm³/mol. The van der Waals surface area contributed by atoms with Crippen LogP contribution in [0.15, 0.2) is 48.3 Å². The van der Waals surface area contributed by atoms with Crippen LogP contribution < -0.4 is 19.7 Å². The molecule has 1 aromatic heterocycles. The topological polar surface area (TPSA) is 97.8 Å². The Kier molecular flexibility index (Phi) is 4.66. The minimum Gasteiger partial charge on any atom is -0.493 e. The number of aromatic nitrogens is 1. The molecule has 2 heterocycles. The van der Waals surface area contributed by atoms with E-state index in [1.165, 1.54) is 32.7 Å². The molecule has 8 nitrogen and oxygen atoms in total. The molecule has 0 spiro atoms. The number of barbiturate groups is 1. The van der Waals surface area contributed by atoms with E-state index in [-0.39, 0.29) is 11.3 Å². The first-order valence-corrected chi connectivity index (χ1v) is 7.58. The summed E-state index contributed by atoms with van der Waals surface area (Å²) < 4.78 is 10.4. The normalized spacial score (nSPS) is 15.8. The van der Waals surface area contributed by atoms with Gasteiger partial charge in [-0.25, -0.2) is 9.69 Å². The van der Waals surface area contributed by atoms with Gasteiger partial charge in [0.05, 0.1) is 26.1 Å². The van der Waals surface area contributed by atoms with Crippen LogP contribution in [0.2, 0.25) is 0 Å². The number of rotatable bonds is 4. The van der Waals surface area contributed by atoms with Gasteiger partial charge in [-0.1, -0.05) is 6.07 Å². The number of anilines is 1. The first-order valence-electron chi connectivity index (χ1n) is 7.58. The van der Waals surface area contributed by atoms with Crippen molar-refractivity contribution in [2.45, 2.75) is 0 Å². The molecule has 1 aliphatic heterocycles. The molecule has 3 rings (SSSR count). The molecular formula is C18H15N3O5. The highest BCUT2D eigenvalue weighted by molar-refractivity contribution is 6.39. The molecular weight excluding hydrogens is 338 g/mol. The van der Waals surface area contributed by atoms with Gasteiger partial charge in [-0.2, -0.15) is 0 Å². The summed E-state index contributed by atoms with van der Waals surface area (Å²) >= 11 is 0. The Balaban J connectivity index is 2.01. The lowest BCUT2D eigenvalue weighted by molar-refractivity contribution is -0.122. The number of ether oxygens (including phenoxy) is 2. The lowest BCUT2D eigenvalue weighted by atomic mass is 10.1. The van der Waals surface area contributed by atoms with Crippen molar-refractivity contribution in [3.63, 3.8) is 0 Å². The molecule has 26 heavy (non-hydrogen) atoms. The molecule has 1 fully saturated rings. The fourth-order valence-electron chi connectivity index (χ4n) is 2.49. The molecule has 4 amide bonds. The summed E-state index contributed by atoms with van der Waals surface area (Å²) in [6, 6.07) is 7.26. The summed E-state index contributed by atoms with van der Waals surface area (Å²) in [6.07, 6.45) is 4.26. The number of imide groups is 2. The van der Waals surface area contributed by atoms with Crippen molar-refractivity contribution >= 4 is 29.6 Å². The van der Waals surface area contributed by atoms with Crippen LogP contribution in [0.5, 0.6) is 11.5 Å². The standard InChI is InChI=1S/C18H15N3O5/c1-25-14-6-5-11(9-15(14)26-2)8-13-16(22)20-18(24)21(17(13)23)12-4-3-7-19-10-12/h3-10H,1-2H3,(H,20,22,24)/b13-8+. The number of hydrogen-bond donors (Lipinski definition) is 1. The summed E-state index contributed by atoms with van der Waals surface area (Å²) in [5, 5.41) is 2.15. The van der Waals surface area contributed by atoms with Gasteiger partial charge in [0, 0.05) is 6.20 Å². The zero-order valence-corrected chi connectivity index (χ0v) is 14.1. The molecule has 0 saturated carbocycles. The van der Waals surface area contributed by atoms with Crippen molar-refractivity contribution in [1.29, 1.82) is 0 Å². The van der Waals surface area contributed by atoms with Crippen LogP contribution in [0.3, 0.4) is 0 Å². The number of carbonyl (C=O) groups is 3. The first-order chi connectivity index (χ1) is 12.5. The summed E-state index contributed by atoms with van der Waals surface area (Å²) in [5.41, 5.74) is 0.628. The highest BCUT2D eigenvalue weighted by Crippen LogP contribution is 2.29. The molecule has 0 aliphatic carbocycles. The summed E-state index contributed by atoms with van der Waals surface area (Å²) in [4.78, 5) is 41.7. The highest BCUT2D eigenvalue weighted by Gasteiger charge is 2.36. The second kappa shape index (κ2) is 7.06. The van der Waals surface area contributed by atoms with Gasteiger partial charge in [-0.15, -0.1) is 0 Å². The molecule has 0 radical (unpaired) electrons. The van der Waals surface area contributed by atoms with E-state index >= 15 is 0 Å². The van der Waals surface area contributed by atoms with E-state index in [1.54, 1.807) is 30.3 Å². The molecule has 8 heteroatoms. The Morgan fingerprint density at radius 3 is 2.50 bits per heavy atom. The van der Waals surface area contributed by atoms with Gasteiger partial charge in [0.15, 0.2) is 11.5 Å². The third-order valence-corrected chi connectivity index (χ3v) is 3.72. The Bertz CT molecular complexity index is 908. The van der Waals surface area contributed by atoms with Gasteiger partial charge in [-0.3, -0.25) is 19.9 Å². The van der Waals surface area contributed by atoms with Crippen LogP contribution in [0, 0.1) is 0 Å². The Labute approximate surface area is 149 Å². The summed E-state index contributed by atoms with van der Waals surface area (Å²) in [7, 11) is 2.99. The van der Waals surface area contributed by atoms with E-state index in [0.717, 1.165) is 4.90 Å². The Morgan fingerprint density at radius 1 is 1.08 bits per heavy atom. The lowest BCUT2D eigenvalue weighted by Crippen LogP contribution is -2.54. The van der Waals surface area contributed by atoms with E-state index in [4.69, 9.17) is 9.47 Å². The number of nitrogens with zero attached hydrogens (tertiary/aromatic N) is 2. The number of carbonyl (C=O) groups excluding carboxylic acids is 3. The molecule has 1 aliphatic rings. The van der Waals surface area contributed by atoms with Crippen LogP contribution in [-0.2, 0) is 9.59 Å². The first kappa shape index (κ1) is 17.2. The second-order valence-electron chi connectivity index (χ2n) is 5.28. The molecule has 132 valence electrons. The number of pyridine rings is 1. The van der Waals surface area contributed by atoms with E-state index in [9.17, 15) is 14.4 Å². The maximum Gasteiger partial charge on any atom is 0.336 e. The van der Waals surface area contributed by atoms with Crippen molar-refractivity contribution in [2.24, 2.45) is 0 Å². The molecule has 1 N–H and O–H groups in total. The zero-order chi connectivity index (χ0) is 18.7. The van der Waals surface area contributed by atoms with Gasteiger partial charge < -0.3 is 9.47 Å². The van der Waals surface area contributed by atoms with Crippen LogP contribution >= 0.6 is 0 Å². The molecule has 0 bridgehead atoms. The van der Waals surface area contributed by atoms with Crippen molar-refractivity contribution < 1.29 is 23.9 Å². The molecule has 1 aromatic carbocycles. The van der Waals surface area contributed by atoms with E-state index in [1.807, 2.05) is 0 Å². The molecule has 0 unspecified atom stereocenters. The third kappa shape index (κ3) is 3.12. The fourth-order valence-corrected chi connectivity index (χ4v) is 2.49. The van der Waals surface area contributed by atoms with Crippen molar-refractivity contribution in [1.82, 2.24) is 10.3 Å². The number of methoxy groups -OCH3 is 2. The average molecular weight is 353 g/mol. The van der Waals surface area contributed by atoms with E-state index in [2.05, 4.69) is 10.3 Å². The van der Waals surface area contributed by atoms with Gasteiger partial charge in [0.25, 0.3) is 11.8 Å². The van der Waals surface area contributed by atoms with Crippen molar-refractivity contribution in [3.05, 3.63) is 53.9 Å². The zero-order valence-electron chi connectivity index (χ0n) is 14.1. The second-order valence-corrected chi connectivity index (χ2v) is 5.28. The smallest absolute Gasteiger partial charge is 0.336 e. The minimum absolute atomic E-state index is 0.180. The van der Waals surface area contributed by atoms with Gasteiger partial charge in [0.2, 0.25) is 0 Å². The average Bonchev–Trinajstić information content (AvgIpc) is 2.65. The molecule has 0 atom stereocenters. The van der Waals surface area contributed by atoms with Gasteiger partial charge in [-0.05, 0) is 35.9 Å². The number of urea groups is 1. The number of nitrogens with one attached hydrogen (secondary N) is 1. The van der Waals surface area contributed by atoms with E-state index in [0.29, 0.717) is 17.1 Å². The number of hydrogen-bond acceptors (Lipinski definition) is 6. The van der Waals surface area contributed by atoms with Crippen LogP contribution in [0.1, 0.15) is 5.56 Å². The largest absolute Gasteiger partial charge is 0.493 e. The number of benzene rings is 1. The Morgan fingerprint density at radius 2 is 1.85 bits per heavy atom. The lowest BCUT2D eigenvalue weighted by Gasteiger charge is -2.26. The van der Waals surface area contributed by atoms with Crippen molar-refractivity contribution in [2.75, 3.05) is 19.1 Å². The monoisotopic (exact) mass is 353 g/mol. The third-order valence-electron chi connectivity index (χ3n) is 3.72. The fraction of sp³-hybridized carbons (Fsp3) is 0.111. The maximum absolute atomic E-state index is 12.7.